The second-order valence-corrected chi connectivity index (χ2v) is 4.63. The van der Waals surface area contributed by atoms with Gasteiger partial charge >= 0.3 is 0 Å². The molecule has 1 aromatic rings. The third-order valence-electron chi connectivity index (χ3n) is 2.10. The molecule has 1 rings (SSSR count). The van der Waals surface area contributed by atoms with Crippen molar-refractivity contribution in [2.45, 2.75) is 25.0 Å². The number of rotatable bonds is 7. The van der Waals surface area contributed by atoms with Gasteiger partial charge in [0.2, 0.25) is 0 Å². The van der Waals surface area contributed by atoms with Gasteiger partial charge in [-0.05, 0) is 24.2 Å². The van der Waals surface area contributed by atoms with E-state index in [-0.39, 0.29) is 0 Å². The van der Waals surface area contributed by atoms with Crippen molar-refractivity contribution in [3.05, 3.63) is 35.9 Å². The van der Waals surface area contributed by atoms with Crippen LogP contribution in [-0.4, -0.2) is 11.6 Å². The molecule has 15 heavy (non-hydrogen) atoms. The molecule has 0 unspecified atom stereocenters. The lowest BCUT2D eigenvalue weighted by Gasteiger charge is -2.01. The van der Waals surface area contributed by atoms with E-state index in [0.29, 0.717) is 5.84 Å². The maximum absolute atomic E-state index is 7.08. The van der Waals surface area contributed by atoms with Crippen molar-refractivity contribution in [3.8, 4) is 0 Å². The Morgan fingerprint density at radius 3 is 2.60 bits per heavy atom. The fourth-order valence-corrected chi connectivity index (χ4v) is 2.26. The lowest BCUT2D eigenvalue weighted by molar-refractivity contribution is 0.836. The first kappa shape index (κ1) is 12.1. The molecule has 0 spiro atoms. The largest absolute Gasteiger partial charge is 0.388 e. The molecule has 3 heteroatoms. The number of benzene rings is 1. The average molecular weight is 222 g/mol. The van der Waals surface area contributed by atoms with Crippen LogP contribution in [0.3, 0.4) is 0 Å². The Hall–Kier alpha value is -0.960. The Bertz CT molecular complexity index is 285. The van der Waals surface area contributed by atoms with Crippen LogP contribution in [-0.2, 0) is 5.75 Å². The normalized spacial score (nSPS) is 10.1. The first-order valence-electron chi connectivity index (χ1n) is 5.23. The summed E-state index contributed by atoms with van der Waals surface area (Å²) in [5.74, 6) is 2.55. The predicted molar refractivity (Wildman–Crippen MR) is 68.4 cm³/mol. The zero-order valence-corrected chi connectivity index (χ0v) is 9.72. The van der Waals surface area contributed by atoms with Gasteiger partial charge in [0.25, 0.3) is 0 Å². The van der Waals surface area contributed by atoms with Crippen molar-refractivity contribution in [1.29, 1.82) is 5.41 Å². The Labute approximate surface area is 95.8 Å². The highest BCUT2D eigenvalue weighted by molar-refractivity contribution is 7.98. The highest BCUT2D eigenvalue weighted by Crippen LogP contribution is 2.13. The van der Waals surface area contributed by atoms with Crippen molar-refractivity contribution < 1.29 is 0 Å². The van der Waals surface area contributed by atoms with Crippen LogP contribution in [0.25, 0.3) is 0 Å². The fraction of sp³-hybridized carbons (Fsp3) is 0.417. The zero-order valence-electron chi connectivity index (χ0n) is 8.91. The molecule has 0 atom stereocenters. The molecule has 0 aliphatic carbocycles. The Morgan fingerprint density at radius 2 is 1.93 bits per heavy atom. The molecule has 0 saturated heterocycles. The molecule has 3 N–H and O–H groups in total. The molecule has 1 aromatic carbocycles. The maximum atomic E-state index is 7.08. The minimum absolute atomic E-state index is 0.308. The summed E-state index contributed by atoms with van der Waals surface area (Å²) in [7, 11) is 0. The fourth-order valence-electron chi connectivity index (χ4n) is 1.28. The molecule has 0 aromatic heterocycles. The van der Waals surface area contributed by atoms with Crippen LogP contribution in [0.2, 0.25) is 0 Å². The van der Waals surface area contributed by atoms with E-state index < -0.39 is 0 Å². The van der Waals surface area contributed by atoms with Gasteiger partial charge in [0.05, 0.1) is 5.84 Å². The highest BCUT2D eigenvalue weighted by Gasteiger charge is 1.94. The minimum atomic E-state index is 0.308. The Kier molecular flexibility index (Phi) is 5.93. The molecular weight excluding hydrogens is 204 g/mol. The quantitative estimate of drug-likeness (QED) is 0.423. The maximum Gasteiger partial charge on any atom is 0.0905 e. The van der Waals surface area contributed by atoms with E-state index in [9.17, 15) is 0 Å². The summed E-state index contributed by atoms with van der Waals surface area (Å²) >= 11 is 1.95. The number of nitrogens with two attached hydrogens (primary N) is 1. The third-order valence-corrected chi connectivity index (χ3v) is 3.21. The van der Waals surface area contributed by atoms with E-state index in [1.165, 1.54) is 5.56 Å². The second-order valence-electron chi connectivity index (χ2n) is 3.52. The summed E-state index contributed by atoms with van der Waals surface area (Å²) in [6, 6.07) is 10.5. The lowest BCUT2D eigenvalue weighted by atomic mass is 10.2. The van der Waals surface area contributed by atoms with Crippen LogP contribution in [0.15, 0.2) is 30.3 Å². The van der Waals surface area contributed by atoms with Crippen molar-refractivity contribution in [3.63, 3.8) is 0 Å². The van der Waals surface area contributed by atoms with Crippen LogP contribution < -0.4 is 5.73 Å². The van der Waals surface area contributed by atoms with Gasteiger partial charge < -0.3 is 5.73 Å². The summed E-state index contributed by atoms with van der Waals surface area (Å²) in [5.41, 5.74) is 6.66. The molecule has 0 amide bonds. The number of hydrogen-bond donors (Lipinski definition) is 2. The van der Waals surface area contributed by atoms with E-state index in [4.69, 9.17) is 11.1 Å². The lowest BCUT2D eigenvalue weighted by Crippen LogP contribution is -2.08. The molecule has 0 aliphatic heterocycles. The Balaban J connectivity index is 2.00. The number of nitrogens with one attached hydrogen (secondary N) is 1. The van der Waals surface area contributed by atoms with E-state index in [1.807, 2.05) is 17.8 Å². The van der Waals surface area contributed by atoms with Crippen LogP contribution in [0, 0.1) is 5.41 Å². The summed E-state index contributed by atoms with van der Waals surface area (Å²) in [5, 5.41) is 7.08. The number of amidine groups is 1. The van der Waals surface area contributed by atoms with E-state index in [0.717, 1.165) is 30.8 Å². The van der Waals surface area contributed by atoms with Crippen LogP contribution >= 0.6 is 11.8 Å². The number of unbranched alkanes of at least 4 members (excludes halogenated alkanes) is 1. The molecular formula is C12H18N2S. The van der Waals surface area contributed by atoms with Gasteiger partial charge in [-0.25, -0.2) is 0 Å². The van der Waals surface area contributed by atoms with E-state index >= 15 is 0 Å². The molecule has 0 fully saturated rings. The number of thioether (sulfide) groups is 1. The zero-order chi connectivity index (χ0) is 10.9. The van der Waals surface area contributed by atoms with Gasteiger partial charge in [-0.1, -0.05) is 30.3 Å². The van der Waals surface area contributed by atoms with Crippen molar-refractivity contribution in [1.82, 2.24) is 0 Å². The van der Waals surface area contributed by atoms with Crippen LogP contribution in [0.5, 0.6) is 0 Å². The average Bonchev–Trinajstić information content (AvgIpc) is 2.24. The van der Waals surface area contributed by atoms with Crippen LogP contribution in [0.1, 0.15) is 24.8 Å². The molecule has 0 bridgehead atoms. The predicted octanol–water partition coefficient (Wildman–Crippen LogP) is 3.03. The highest BCUT2D eigenvalue weighted by atomic mass is 32.2. The van der Waals surface area contributed by atoms with E-state index in [1.54, 1.807) is 0 Å². The second kappa shape index (κ2) is 7.35. The van der Waals surface area contributed by atoms with Gasteiger partial charge in [-0.3, -0.25) is 5.41 Å². The van der Waals surface area contributed by atoms with Gasteiger partial charge in [0.1, 0.15) is 0 Å². The molecule has 0 aliphatic rings. The monoisotopic (exact) mass is 222 g/mol. The molecule has 0 heterocycles. The van der Waals surface area contributed by atoms with Gasteiger partial charge in [0.15, 0.2) is 0 Å². The topological polar surface area (TPSA) is 49.9 Å². The van der Waals surface area contributed by atoms with Gasteiger partial charge in [-0.15, -0.1) is 0 Å². The minimum Gasteiger partial charge on any atom is -0.388 e. The van der Waals surface area contributed by atoms with Crippen LogP contribution in [0.4, 0.5) is 0 Å². The summed E-state index contributed by atoms with van der Waals surface area (Å²) in [4.78, 5) is 0. The Morgan fingerprint density at radius 1 is 1.20 bits per heavy atom. The molecule has 82 valence electrons. The summed E-state index contributed by atoms with van der Waals surface area (Å²) < 4.78 is 0. The summed E-state index contributed by atoms with van der Waals surface area (Å²) in [6.45, 7) is 0. The first-order valence-corrected chi connectivity index (χ1v) is 6.39. The number of hydrogen-bond acceptors (Lipinski definition) is 2. The van der Waals surface area contributed by atoms with E-state index in [2.05, 4.69) is 24.3 Å². The third kappa shape index (κ3) is 6.18. The smallest absolute Gasteiger partial charge is 0.0905 e. The van der Waals surface area contributed by atoms with Crippen molar-refractivity contribution in [2.24, 2.45) is 5.73 Å². The standard InChI is InChI=1S/C12H18N2S/c13-12(14)8-4-5-9-15-10-11-6-2-1-3-7-11/h1-3,6-7H,4-5,8-10H2,(H3,13,14). The van der Waals surface area contributed by atoms with Crippen molar-refractivity contribution in [2.75, 3.05) is 5.75 Å². The first-order chi connectivity index (χ1) is 7.29. The molecule has 0 saturated carbocycles. The van der Waals surface area contributed by atoms with Crippen molar-refractivity contribution >= 4 is 17.6 Å². The van der Waals surface area contributed by atoms with Gasteiger partial charge in [0, 0.05) is 12.2 Å². The molecule has 0 radical (unpaired) electrons. The van der Waals surface area contributed by atoms with Gasteiger partial charge in [-0.2, -0.15) is 11.8 Å². The summed E-state index contributed by atoms with van der Waals surface area (Å²) in [6.07, 6.45) is 2.93. The molecule has 2 nitrogen and oxygen atoms in total. The SMILES string of the molecule is N=C(N)CCCCSCc1ccccc1.